The lowest BCUT2D eigenvalue weighted by atomic mass is 10.2. The molecule has 1 aliphatic heterocycles. The number of nitrogens with zero attached hydrogens (tertiary/aromatic N) is 1. The number of methoxy groups -OCH3 is 1. The average Bonchev–Trinajstić information content (AvgIpc) is 2.80. The van der Waals surface area contributed by atoms with Gasteiger partial charge >= 0.3 is 18.8 Å². The highest BCUT2D eigenvalue weighted by Crippen LogP contribution is 2.38. The molecular formula is C20H21ClF5N3O6S. The van der Waals surface area contributed by atoms with E-state index in [1.165, 1.54) is 31.4 Å². The first-order valence-corrected chi connectivity index (χ1v) is 11.8. The minimum absolute atomic E-state index is 0.143. The molecule has 2 aromatic rings. The Hall–Kier alpha value is -3.04. The van der Waals surface area contributed by atoms with Gasteiger partial charge in [0.15, 0.2) is 0 Å². The van der Waals surface area contributed by atoms with Crippen LogP contribution in [0.15, 0.2) is 41.3 Å². The summed E-state index contributed by atoms with van der Waals surface area (Å²) in [6.45, 7) is -0.0550. The molecule has 0 aliphatic carbocycles. The van der Waals surface area contributed by atoms with Crippen molar-refractivity contribution in [3.05, 3.63) is 41.4 Å². The zero-order valence-corrected chi connectivity index (χ0v) is 20.1. The van der Waals surface area contributed by atoms with Gasteiger partial charge in [0.1, 0.15) is 11.5 Å². The van der Waals surface area contributed by atoms with E-state index in [0.717, 1.165) is 32.2 Å². The Balaban J connectivity index is 0.000000572. The fraction of sp³-hybridized carbons (Fsp3) is 0.350. The number of hydrogen-bond donors (Lipinski definition) is 3. The molecule has 1 aliphatic rings. The zero-order valence-electron chi connectivity index (χ0n) is 18.5. The second-order valence-corrected chi connectivity index (χ2v) is 9.09. The van der Waals surface area contributed by atoms with Gasteiger partial charge in [0.25, 0.3) is 10.0 Å². The number of halogens is 6. The lowest BCUT2D eigenvalue weighted by molar-refractivity contribution is -0.192. The second-order valence-electron chi connectivity index (χ2n) is 7.00. The number of anilines is 2. The first kappa shape index (κ1) is 29.2. The molecule has 0 spiro atoms. The van der Waals surface area contributed by atoms with Gasteiger partial charge in [0, 0.05) is 38.3 Å². The van der Waals surface area contributed by atoms with E-state index in [2.05, 4.69) is 19.7 Å². The lowest BCUT2D eigenvalue weighted by Crippen LogP contribution is -2.43. The first-order chi connectivity index (χ1) is 16.7. The fourth-order valence-corrected chi connectivity index (χ4v) is 4.32. The van der Waals surface area contributed by atoms with Crippen molar-refractivity contribution < 1.29 is 49.7 Å². The van der Waals surface area contributed by atoms with Gasteiger partial charge in [-0.1, -0.05) is 17.7 Å². The number of alkyl halides is 5. The molecule has 0 radical (unpaired) electrons. The van der Waals surface area contributed by atoms with E-state index >= 15 is 0 Å². The van der Waals surface area contributed by atoms with Crippen LogP contribution in [0.5, 0.6) is 11.5 Å². The van der Waals surface area contributed by atoms with Gasteiger partial charge < -0.3 is 24.8 Å². The smallest absolute Gasteiger partial charge is 0.490 e. The summed E-state index contributed by atoms with van der Waals surface area (Å²) in [5.74, 6) is -2.50. The molecule has 1 fully saturated rings. The van der Waals surface area contributed by atoms with Crippen LogP contribution >= 0.6 is 11.6 Å². The third kappa shape index (κ3) is 8.27. The largest absolute Gasteiger partial charge is 0.495 e. The van der Waals surface area contributed by atoms with Crippen LogP contribution in [0, 0.1) is 0 Å². The Morgan fingerprint density at radius 3 is 2.33 bits per heavy atom. The zero-order chi connectivity index (χ0) is 27.1. The highest BCUT2D eigenvalue weighted by Gasteiger charge is 2.38. The monoisotopic (exact) mass is 561 g/mol. The SMILES string of the molecule is COc1cc(Cl)c(NS(=O)(=O)c2cccc(OC(F)F)c2)cc1N1CCNCC1.O=C(O)C(F)(F)F. The van der Waals surface area contributed by atoms with Gasteiger partial charge in [-0.3, -0.25) is 4.72 Å². The molecule has 36 heavy (non-hydrogen) atoms. The van der Waals surface area contributed by atoms with Crippen LogP contribution in [0.25, 0.3) is 0 Å². The molecule has 200 valence electrons. The van der Waals surface area contributed by atoms with Crippen LogP contribution < -0.4 is 24.4 Å². The van der Waals surface area contributed by atoms with Crippen LogP contribution in [0.2, 0.25) is 5.02 Å². The number of nitrogens with one attached hydrogen (secondary N) is 2. The van der Waals surface area contributed by atoms with Crippen molar-refractivity contribution in [1.82, 2.24) is 5.32 Å². The molecule has 2 aromatic carbocycles. The van der Waals surface area contributed by atoms with E-state index in [4.69, 9.17) is 26.2 Å². The number of aliphatic carboxylic acids is 1. The Kier molecular flexibility index (Phi) is 9.95. The molecule has 0 bridgehead atoms. The van der Waals surface area contributed by atoms with E-state index in [9.17, 15) is 30.4 Å². The van der Waals surface area contributed by atoms with Gasteiger partial charge in [-0.15, -0.1) is 0 Å². The molecule has 9 nitrogen and oxygen atoms in total. The van der Waals surface area contributed by atoms with Crippen molar-refractivity contribution in [3.63, 3.8) is 0 Å². The van der Waals surface area contributed by atoms with Crippen molar-refractivity contribution in [2.75, 3.05) is 42.9 Å². The maximum absolute atomic E-state index is 12.8. The van der Waals surface area contributed by atoms with E-state index in [1.807, 2.05) is 0 Å². The predicted octanol–water partition coefficient (Wildman–Crippen LogP) is 3.79. The molecule has 0 aromatic heterocycles. The molecule has 0 saturated carbocycles. The Morgan fingerprint density at radius 1 is 1.19 bits per heavy atom. The van der Waals surface area contributed by atoms with Crippen molar-refractivity contribution in [2.45, 2.75) is 17.7 Å². The van der Waals surface area contributed by atoms with E-state index < -0.39 is 28.8 Å². The Morgan fingerprint density at radius 2 is 1.81 bits per heavy atom. The Labute approximate surface area is 207 Å². The maximum atomic E-state index is 12.8. The summed E-state index contributed by atoms with van der Waals surface area (Å²) in [6.07, 6.45) is -5.08. The molecule has 3 N–H and O–H groups in total. The minimum atomic E-state index is -5.08. The lowest BCUT2D eigenvalue weighted by Gasteiger charge is -2.31. The summed E-state index contributed by atoms with van der Waals surface area (Å²) in [5, 5.41) is 10.5. The molecule has 1 heterocycles. The molecular weight excluding hydrogens is 541 g/mol. The van der Waals surface area contributed by atoms with Crippen LogP contribution in [0.4, 0.5) is 33.3 Å². The van der Waals surface area contributed by atoms with Crippen LogP contribution in [-0.4, -0.2) is 65.6 Å². The predicted molar refractivity (Wildman–Crippen MR) is 121 cm³/mol. The summed E-state index contributed by atoms with van der Waals surface area (Å²) in [5.41, 5.74) is 0.854. The Bertz CT molecular complexity index is 1160. The van der Waals surface area contributed by atoms with E-state index in [-0.39, 0.29) is 21.4 Å². The highest BCUT2D eigenvalue weighted by atomic mass is 35.5. The number of hydrogen-bond acceptors (Lipinski definition) is 7. The van der Waals surface area contributed by atoms with Crippen molar-refractivity contribution in [1.29, 1.82) is 0 Å². The number of ether oxygens (including phenoxy) is 2. The number of sulfonamides is 1. The standard InChI is InChI=1S/C18H20ClF2N3O4S.C2HF3O2/c1-27-17-10-14(19)15(11-16(17)24-7-5-22-6-8-24)23-29(25,26)13-4-2-3-12(9-13)28-18(20)21;3-2(4,5)1(6)7/h2-4,9-11,18,22-23H,5-8H2,1H3;(H,6,7). The first-order valence-electron chi connectivity index (χ1n) is 9.95. The van der Waals surface area contributed by atoms with Crippen LogP contribution in [0.1, 0.15) is 0 Å². The van der Waals surface area contributed by atoms with Gasteiger partial charge in [0.2, 0.25) is 0 Å². The maximum Gasteiger partial charge on any atom is 0.490 e. The molecule has 0 unspecified atom stereocenters. The summed E-state index contributed by atoms with van der Waals surface area (Å²) in [6, 6.07) is 7.98. The second kappa shape index (κ2) is 12.3. The van der Waals surface area contributed by atoms with Gasteiger partial charge in [-0.05, 0) is 18.2 Å². The number of carboxylic acid groups (broad SMARTS) is 1. The summed E-state index contributed by atoms with van der Waals surface area (Å²) < 4.78 is 94.2. The highest BCUT2D eigenvalue weighted by molar-refractivity contribution is 7.92. The average molecular weight is 562 g/mol. The third-order valence-corrected chi connectivity index (χ3v) is 6.23. The normalized spacial score (nSPS) is 14.1. The van der Waals surface area contributed by atoms with E-state index in [1.54, 1.807) is 6.07 Å². The van der Waals surface area contributed by atoms with Gasteiger partial charge in [-0.25, -0.2) is 13.2 Å². The summed E-state index contributed by atoms with van der Waals surface area (Å²) >= 11 is 6.25. The number of benzene rings is 2. The molecule has 1 saturated heterocycles. The fourth-order valence-electron chi connectivity index (χ4n) is 2.96. The summed E-state index contributed by atoms with van der Waals surface area (Å²) in [4.78, 5) is 10.7. The van der Waals surface area contributed by atoms with Crippen molar-refractivity contribution in [2.24, 2.45) is 0 Å². The quantitative estimate of drug-likeness (QED) is 0.437. The number of carbonyl (C=O) groups is 1. The topological polar surface area (TPSA) is 117 Å². The molecule has 3 rings (SSSR count). The van der Waals surface area contributed by atoms with Gasteiger partial charge in [-0.2, -0.15) is 22.0 Å². The van der Waals surface area contributed by atoms with Crippen molar-refractivity contribution >= 4 is 39.0 Å². The van der Waals surface area contributed by atoms with Crippen LogP contribution in [-0.2, 0) is 14.8 Å². The molecule has 16 heteroatoms. The number of rotatable bonds is 7. The number of carboxylic acids is 1. The van der Waals surface area contributed by atoms with Gasteiger partial charge in [0.05, 0.1) is 28.4 Å². The van der Waals surface area contributed by atoms with Crippen molar-refractivity contribution in [3.8, 4) is 11.5 Å². The van der Waals surface area contributed by atoms with E-state index in [0.29, 0.717) is 11.4 Å². The number of piperazine rings is 1. The minimum Gasteiger partial charge on any atom is -0.495 e. The third-order valence-electron chi connectivity index (χ3n) is 4.55. The van der Waals surface area contributed by atoms with Crippen LogP contribution in [0.3, 0.4) is 0 Å². The molecule has 0 amide bonds. The summed E-state index contributed by atoms with van der Waals surface area (Å²) in [7, 11) is -2.58. The molecule has 0 atom stereocenters.